The van der Waals surface area contributed by atoms with Gasteiger partial charge in [0.2, 0.25) is 5.91 Å². The average Bonchev–Trinajstić information content (AvgIpc) is 2.93. The molecule has 2 aromatic rings. The molecule has 5 heteroatoms. The van der Waals surface area contributed by atoms with Crippen LogP contribution in [0.2, 0.25) is 5.02 Å². The number of nitrogens with zero attached hydrogens (tertiary/aromatic N) is 3. The minimum atomic E-state index is 0.171. The van der Waals surface area contributed by atoms with Crippen molar-refractivity contribution in [3.63, 3.8) is 0 Å². The van der Waals surface area contributed by atoms with Gasteiger partial charge in [-0.1, -0.05) is 23.7 Å². The molecule has 1 aromatic heterocycles. The highest BCUT2D eigenvalue weighted by Gasteiger charge is 2.25. The number of aryl methyl sites for hydroxylation is 1. The number of aromatic nitrogens is 2. The molecular weight excluding hydrogens is 298 g/mol. The molecule has 0 aliphatic carbocycles. The molecule has 0 N–H and O–H groups in total. The summed E-state index contributed by atoms with van der Waals surface area (Å²) in [7, 11) is 0. The highest BCUT2D eigenvalue weighted by Crippen LogP contribution is 2.23. The Labute approximate surface area is 135 Å². The molecule has 1 aliphatic rings. The van der Waals surface area contributed by atoms with E-state index in [4.69, 9.17) is 11.6 Å². The number of piperidine rings is 1. The molecule has 22 heavy (non-hydrogen) atoms. The molecule has 1 amide bonds. The van der Waals surface area contributed by atoms with E-state index >= 15 is 0 Å². The molecule has 2 heterocycles. The summed E-state index contributed by atoms with van der Waals surface area (Å²) >= 11 is 5.99. The van der Waals surface area contributed by atoms with Gasteiger partial charge in [-0.3, -0.25) is 4.79 Å². The topological polar surface area (TPSA) is 38.1 Å². The van der Waals surface area contributed by atoms with Gasteiger partial charge in [-0.05, 0) is 37.5 Å². The van der Waals surface area contributed by atoms with Crippen LogP contribution in [0.4, 0.5) is 0 Å². The minimum Gasteiger partial charge on any atom is -0.340 e. The molecule has 3 rings (SSSR count). The summed E-state index contributed by atoms with van der Waals surface area (Å²) in [4.78, 5) is 18.8. The smallest absolute Gasteiger partial charge is 0.227 e. The van der Waals surface area contributed by atoms with Gasteiger partial charge in [0.15, 0.2) is 0 Å². The van der Waals surface area contributed by atoms with Crippen LogP contribution in [0.15, 0.2) is 36.7 Å². The monoisotopic (exact) mass is 317 g/mol. The molecule has 0 saturated carbocycles. The lowest BCUT2D eigenvalue weighted by molar-refractivity contribution is -0.132. The summed E-state index contributed by atoms with van der Waals surface area (Å²) in [5, 5.41) is 0.677. The number of imidazole rings is 1. The lowest BCUT2D eigenvalue weighted by Gasteiger charge is -2.34. The van der Waals surface area contributed by atoms with Crippen LogP contribution in [0.3, 0.4) is 0 Å². The number of amides is 1. The Morgan fingerprint density at radius 1 is 1.45 bits per heavy atom. The van der Waals surface area contributed by atoms with Crippen LogP contribution in [-0.2, 0) is 11.2 Å². The van der Waals surface area contributed by atoms with Crippen LogP contribution in [0.25, 0.3) is 0 Å². The SMILES string of the molecule is Cc1nccn1[C@H]1CCCN(C(=O)Cc2cccc(Cl)c2)C1. The molecule has 116 valence electrons. The second-order valence-corrected chi connectivity index (χ2v) is 6.26. The normalized spacial score (nSPS) is 18.5. The fourth-order valence-corrected chi connectivity index (χ4v) is 3.33. The first-order valence-electron chi connectivity index (χ1n) is 7.65. The molecule has 0 spiro atoms. The zero-order valence-electron chi connectivity index (χ0n) is 12.7. The number of likely N-dealkylation sites (tertiary alicyclic amines) is 1. The van der Waals surface area contributed by atoms with E-state index in [9.17, 15) is 4.79 Å². The molecule has 4 nitrogen and oxygen atoms in total. The van der Waals surface area contributed by atoms with E-state index in [2.05, 4.69) is 9.55 Å². The maximum Gasteiger partial charge on any atom is 0.227 e. The van der Waals surface area contributed by atoms with Crippen LogP contribution in [0, 0.1) is 6.92 Å². The Kier molecular flexibility index (Phi) is 4.48. The van der Waals surface area contributed by atoms with Crippen molar-refractivity contribution < 1.29 is 4.79 Å². The quantitative estimate of drug-likeness (QED) is 0.871. The molecule has 0 radical (unpaired) electrons. The summed E-state index contributed by atoms with van der Waals surface area (Å²) in [6.45, 7) is 3.60. The van der Waals surface area contributed by atoms with Crippen LogP contribution in [0.5, 0.6) is 0 Å². The number of carbonyl (C=O) groups is 1. The van der Waals surface area contributed by atoms with Gasteiger partial charge in [0.1, 0.15) is 5.82 Å². The zero-order chi connectivity index (χ0) is 15.5. The molecule has 1 aliphatic heterocycles. The maximum atomic E-state index is 12.5. The van der Waals surface area contributed by atoms with E-state index in [0.29, 0.717) is 17.5 Å². The molecule has 1 fully saturated rings. The van der Waals surface area contributed by atoms with E-state index < -0.39 is 0 Å². The summed E-state index contributed by atoms with van der Waals surface area (Å²) in [6.07, 6.45) is 6.37. The first-order valence-corrected chi connectivity index (χ1v) is 8.03. The van der Waals surface area contributed by atoms with Crippen molar-refractivity contribution in [2.24, 2.45) is 0 Å². The van der Waals surface area contributed by atoms with Gasteiger partial charge in [0.05, 0.1) is 12.5 Å². The van der Waals surface area contributed by atoms with Crippen molar-refractivity contribution in [1.82, 2.24) is 14.5 Å². The van der Waals surface area contributed by atoms with Crippen LogP contribution >= 0.6 is 11.6 Å². The largest absolute Gasteiger partial charge is 0.340 e. The van der Waals surface area contributed by atoms with Crippen LogP contribution in [-0.4, -0.2) is 33.4 Å². The lowest BCUT2D eigenvalue weighted by Crippen LogP contribution is -2.41. The number of hydrogen-bond donors (Lipinski definition) is 0. The summed E-state index contributed by atoms with van der Waals surface area (Å²) in [5.74, 6) is 1.18. The van der Waals surface area contributed by atoms with Gasteiger partial charge >= 0.3 is 0 Å². The number of benzene rings is 1. The molecule has 1 aromatic carbocycles. The standard InChI is InChI=1S/C17H20ClN3O/c1-13-19-7-9-21(13)16-6-3-8-20(12-16)17(22)11-14-4-2-5-15(18)10-14/h2,4-5,7,9-10,16H,3,6,8,11-12H2,1H3/t16-/m0/s1. The second-order valence-electron chi connectivity index (χ2n) is 5.82. The molecule has 1 saturated heterocycles. The molecule has 0 unspecified atom stereocenters. The lowest BCUT2D eigenvalue weighted by atomic mass is 10.0. The fraction of sp³-hybridized carbons (Fsp3) is 0.412. The van der Waals surface area contributed by atoms with Crippen molar-refractivity contribution in [2.75, 3.05) is 13.1 Å². The van der Waals surface area contributed by atoms with Crippen molar-refractivity contribution in [3.8, 4) is 0 Å². The van der Waals surface area contributed by atoms with Gasteiger partial charge < -0.3 is 9.47 Å². The van der Waals surface area contributed by atoms with Gasteiger partial charge in [0, 0.05) is 30.5 Å². The van der Waals surface area contributed by atoms with Gasteiger partial charge in [-0.2, -0.15) is 0 Å². The summed E-state index contributed by atoms with van der Waals surface area (Å²) in [6, 6.07) is 7.86. The first kappa shape index (κ1) is 15.1. The predicted molar refractivity (Wildman–Crippen MR) is 87.0 cm³/mol. The van der Waals surface area contributed by atoms with E-state index in [1.807, 2.05) is 48.5 Å². The van der Waals surface area contributed by atoms with E-state index in [1.165, 1.54) is 0 Å². The number of rotatable bonds is 3. The highest BCUT2D eigenvalue weighted by atomic mass is 35.5. The summed E-state index contributed by atoms with van der Waals surface area (Å²) < 4.78 is 2.18. The Balaban J connectivity index is 1.67. The Morgan fingerprint density at radius 3 is 3.05 bits per heavy atom. The van der Waals surface area contributed by atoms with Crippen LogP contribution in [0.1, 0.15) is 30.3 Å². The second kappa shape index (κ2) is 6.53. The molecule has 1 atom stereocenters. The van der Waals surface area contributed by atoms with Crippen molar-refractivity contribution in [3.05, 3.63) is 53.1 Å². The van der Waals surface area contributed by atoms with Gasteiger partial charge in [0.25, 0.3) is 0 Å². The van der Waals surface area contributed by atoms with Gasteiger partial charge in [-0.25, -0.2) is 4.98 Å². The van der Waals surface area contributed by atoms with Gasteiger partial charge in [-0.15, -0.1) is 0 Å². The van der Waals surface area contributed by atoms with Crippen molar-refractivity contribution in [2.45, 2.75) is 32.2 Å². The Morgan fingerprint density at radius 2 is 2.32 bits per heavy atom. The van der Waals surface area contributed by atoms with E-state index in [0.717, 1.165) is 37.3 Å². The third-order valence-electron chi connectivity index (χ3n) is 4.25. The number of halogens is 1. The third kappa shape index (κ3) is 3.33. The first-order chi connectivity index (χ1) is 10.6. The zero-order valence-corrected chi connectivity index (χ0v) is 13.5. The molecule has 0 bridgehead atoms. The van der Waals surface area contributed by atoms with E-state index in [1.54, 1.807) is 0 Å². The predicted octanol–water partition coefficient (Wildman–Crippen LogP) is 3.25. The minimum absolute atomic E-state index is 0.171. The van der Waals surface area contributed by atoms with E-state index in [-0.39, 0.29) is 5.91 Å². The Hall–Kier alpha value is -1.81. The number of carbonyl (C=O) groups excluding carboxylic acids is 1. The maximum absolute atomic E-state index is 12.5. The molecular formula is C17H20ClN3O. The number of hydrogen-bond acceptors (Lipinski definition) is 2. The van der Waals surface area contributed by atoms with Crippen molar-refractivity contribution >= 4 is 17.5 Å². The highest BCUT2D eigenvalue weighted by molar-refractivity contribution is 6.30. The van der Waals surface area contributed by atoms with Crippen molar-refractivity contribution in [1.29, 1.82) is 0 Å². The summed E-state index contributed by atoms with van der Waals surface area (Å²) in [5.41, 5.74) is 0.971. The van der Waals surface area contributed by atoms with Crippen LogP contribution < -0.4 is 0 Å². The average molecular weight is 318 g/mol. The third-order valence-corrected chi connectivity index (χ3v) is 4.48. The Bertz CT molecular complexity index is 667. The fourth-order valence-electron chi connectivity index (χ4n) is 3.12.